The number of halogens is 1. The first-order chi connectivity index (χ1) is 15.5. The fraction of sp³-hybridized carbons (Fsp3) is 0.273. The predicted octanol–water partition coefficient (Wildman–Crippen LogP) is 2.94. The van der Waals surface area contributed by atoms with Gasteiger partial charge in [0.05, 0.1) is 12.5 Å². The second-order valence-corrected chi connectivity index (χ2v) is 7.63. The van der Waals surface area contributed by atoms with E-state index in [9.17, 15) is 9.59 Å². The lowest BCUT2D eigenvalue weighted by Gasteiger charge is -2.15. The average Bonchev–Trinajstić information content (AvgIpc) is 2.79. The smallest absolute Gasteiger partial charge is 0.257 e. The van der Waals surface area contributed by atoms with E-state index in [0.29, 0.717) is 64.9 Å². The Bertz CT molecular complexity index is 1170. The number of nitrogens with zero attached hydrogens (tertiary/aromatic N) is 2. The second kappa shape index (κ2) is 9.69. The third-order valence-corrected chi connectivity index (χ3v) is 5.21. The van der Waals surface area contributed by atoms with Crippen LogP contribution in [0.4, 0.5) is 11.5 Å². The highest BCUT2D eigenvalue weighted by Gasteiger charge is 2.15. The molecule has 1 aliphatic heterocycles. The first kappa shape index (κ1) is 21.6. The minimum Gasteiger partial charge on any atom is -0.494 e. The first-order valence-corrected chi connectivity index (χ1v) is 10.5. The fourth-order valence-corrected chi connectivity index (χ4v) is 3.53. The van der Waals surface area contributed by atoms with E-state index >= 15 is 0 Å². The highest BCUT2D eigenvalue weighted by molar-refractivity contribution is 6.30. The van der Waals surface area contributed by atoms with Gasteiger partial charge < -0.3 is 25.4 Å². The van der Waals surface area contributed by atoms with Crippen LogP contribution < -0.4 is 25.4 Å². The average molecular weight is 456 g/mol. The molecule has 0 fully saturated rings. The van der Waals surface area contributed by atoms with Crippen molar-refractivity contribution in [3.05, 3.63) is 47.2 Å². The number of aromatic nitrogens is 2. The summed E-state index contributed by atoms with van der Waals surface area (Å²) in [7, 11) is 1.54. The zero-order valence-electron chi connectivity index (χ0n) is 17.4. The molecule has 0 saturated heterocycles. The molecule has 0 atom stereocenters. The van der Waals surface area contributed by atoms with Crippen molar-refractivity contribution in [1.29, 1.82) is 0 Å². The van der Waals surface area contributed by atoms with Crippen LogP contribution in [0.1, 0.15) is 18.4 Å². The molecule has 3 aromatic rings. The number of amides is 2. The highest BCUT2D eigenvalue weighted by Crippen LogP contribution is 2.34. The molecule has 0 saturated carbocycles. The summed E-state index contributed by atoms with van der Waals surface area (Å²) in [6, 6.07) is 8.80. The fourth-order valence-electron chi connectivity index (χ4n) is 3.35. The molecular weight excluding hydrogens is 434 g/mol. The van der Waals surface area contributed by atoms with E-state index in [2.05, 4.69) is 25.9 Å². The Labute approximate surface area is 189 Å². The molecule has 4 rings (SSSR count). The quantitative estimate of drug-likeness (QED) is 0.516. The Kier molecular flexibility index (Phi) is 6.55. The molecule has 32 heavy (non-hydrogen) atoms. The molecule has 3 N–H and O–H groups in total. The number of hydrogen-bond donors (Lipinski definition) is 3. The molecule has 2 heterocycles. The van der Waals surface area contributed by atoms with Gasteiger partial charge in [0, 0.05) is 36.3 Å². The minimum absolute atomic E-state index is 0.110. The van der Waals surface area contributed by atoms with Crippen molar-refractivity contribution in [1.82, 2.24) is 20.6 Å². The molecule has 10 heteroatoms. The zero-order chi connectivity index (χ0) is 22.5. The Morgan fingerprint density at radius 1 is 1.09 bits per heavy atom. The maximum Gasteiger partial charge on any atom is 0.257 e. The standard InChI is InChI=1S/C22H22ClN5O4/c1-31-18-9-15-8-16-21(18)26-12-27-22(16)28-17-7-14(23)5-4-13(17)10-25-19(29)3-2-6-24-20(30)11-32-15/h4-5,7-9,12H,2-3,6,10-11H2,1H3,(H,24,30)(H,25,29)(H,26,27,28). The molecular formula is C22H22ClN5O4. The molecule has 0 radical (unpaired) electrons. The van der Waals surface area contributed by atoms with E-state index < -0.39 is 0 Å². The number of carbonyl (C=O) groups is 2. The van der Waals surface area contributed by atoms with Crippen LogP contribution in [0.5, 0.6) is 11.5 Å². The molecule has 1 aromatic heterocycles. The van der Waals surface area contributed by atoms with Gasteiger partial charge in [-0.25, -0.2) is 9.97 Å². The normalized spacial score (nSPS) is 15.1. The summed E-state index contributed by atoms with van der Waals surface area (Å²) < 4.78 is 11.2. The zero-order valence-corrected chi connectivity index (χ0v) is 18.2. The summed E-state index contributed by atoms with van der Waals surface area (Å²) in [5.74, 6) is 1.04. The number of fused-ring (bicyclic) bond motifs is 2. The lowest BCUT2D eigenvalue weighted by atomic mass is 10.1. The Morgan fingerprint density at radius 3 is 2.81 bits per heavy atom. The van der Waals surface area contributed by atoms with Gasteiger partial charge in [-0.15, -0.1) is 0 Å². The van der Waals surface area contributed by atoms with E-state index in [1.165, 1.54) is 13.4 Å². The van der Waals surface area contributed by atoms with Crippen LogP contribution in [-0.4, -0.2) is 42.0 Å². The summed E-state index contributed by atoms with van der Waals surface area (Å²) in [6.45, 7) is 0.517. The van der Waals surface area contributed by atoms with Gasteiger partial charge in [-0.1, -0.05) is 17.7 Å². The van der Waals surface area contributed by atoms with Crippen molar-refractivity contribution in [3.63, 3.8) is 0 Å². The SMILES string of the molecule is COc1cc2cc3c(ncnc13)Nc1cc(Cl)ccc1CNC(=O)CCCNC(=O)CO2. The molecule has 2 amide bonds. The predicted molar refractivity (Wildman–Crippen MR) is 120 cm³/mol. The van der Waals surface area contributed by atoms with Gasteiger partial charge in [0.15, 0.2) is 6.61 Å². The van der Waals surface area contributed by atoms with Crippen LogP contribution in [0.3, 0.4) is 0 Å². The number of benzene rings is 2. The number of nitrogens with one attached hydrogen (secondary N) is 3. The van der Waals surface area contributed by atoms with Gasteiger partial charge in [-0.3, -0.25) is 9.59 Å². The molecule has 9 nitrogen and oxygen atoms in total. The molecule has 0 unspecified atom stereocenters. The van der Waals surface area contributed by atoms with Crippen molar-refractivity contribution in [3.8, 4) is 11.5 Å². The maximum absolute atomic E-state index is 12.2. The number of carbonyl (C=O) groups excluding carboxylic acids is 2. The monoisotopic (exact) mass is 455 g/mol. The molecule has 1 aliphatic rings. The summed E-state index contributed by atoms with van der Waals surface area (Å²) in [6.07, 6.45) is 2.24. The highest BCUT2D eigenvalue weighted by atomic mass is 35.5. The number of hydrogen-bond acceptors (Lipinski definition) is 7. The molecule has 0 aliphatic carbocycles. The Balaban J connectivity index is 1.79. The van der Waals surface area contributed by atoms with Crippen LogP contribution >= 0.6 is 11.6 Å². The molecule has 0 spiro atoms. The van der Waals surface area contributed by atoms with E-state index in [0.717, 1.165) is 5.56 Å². The third-order valence-electron chi connectivity index (χ3n) is 4.97. The number of anilines is 2. The first-order valence-electron chi connectivity index (χ1n) is 10.1. The third kappa shape index (κ3) is 5.00. The maximum atomic E-state index is 12.2. The van der Waals surface area contributed by atoms with Gasteiger partial charge in [0.1, 0.15) is 29.2 Å². The van der Waals surface area contributed by atoms with Crippen molar-refractivity contribution in [2.24, 2.45) is 0 Å². The van der Waals surface area contributed by atoms with Gasteiger partial charge in [0.25, 0.3) is 5.91 Å². The van der Waals surface area contributed by atoms with Crippen molar-refractivity contribution in [2.75, 3.05) is 25.6 Å². The number of ether oxygens (including phenoxy) is 2. The number of rotatable bonds is 1. The molecule has 2 aromatic carbocycles. The summed E-state index contributed by atoms with van der Waals surface area (Å²) in [5, 5.41) is 10.1. The van der Waals surface area contributed by atoms with Crippen molar-refractivity contribution < 1.29 is 19.1 Å². The topological polar surface area (TPSA) is 114 Å². The summed E-state index contributed by atoms with van der Waals surface area (Å²) in [4.78, 5) is 33.0. The second-order valence-electron chi connectivity index (χ2n) is 7.19. The van der Waals surface area contributed by atoms with E-state index in [1.807, 2.05) is 6.07 Å². The largest absolute Gasteiger partial charge is 0.494 e. The van der Waals surface area contributed by atoms with Gasteiger partial charge in [-0.2, -0.15) is 0 Å². The van der Waals surface area contributed by atoms with E-state index in [1.54, 1.807) is 24.3 Å². The molecule has 2 bridgehead atoms. The van der Waals surface area contributed by atoms with Crippen molar-refractivity contribution in [2.45, 2.75) is 19.4 Å². The van der Waals surface area contributed by atoms with Crippen LogP contribution in [0, 0.1) is 0 Å². The van der Waals surface area contributed by atoms with Crippen molar-refractivity contribution >= 4 is 45.8 Å². The lowest BCUT2D eigenvalue weighted by molar-refractivity contribution is -0.124. The lowest BCUT2D eigenvalue weighted by Crippen LogP contribution is -2.31. The van der Waals surface area contributed by atoms with Crippen LogP contribution in [0.15, 0.2) is 36.7 Å². The number of methoxy groups -OCH3 is 1. The van der Waals surface area contributed by atoms with E-state index in [-0.39, 0.29) is 18.4 Å². The minimum atomic E-state index is -0.279. The summed E-state index contributed by atoms with van der Waals surface area (Å²) in [5.41, 5.74) is 2.12. The Hall–Kier alpha value is -3.59. The summed E-state index contributed by atoms with van der Waals surface area (Å²) >= 11 is 6.23. The Morgan fingerprint density at radius 2 is 1.97 bits per heavy atom. The molecule has 166 valence electrons. The van der Waals surface area contributed by atoms with Gasteiger partial charge in [0.2, 0.25) is 5.91 Å². The van der Waals surface area contributed by atoms with Gasteiger partial charge in [-0.05, 0) is 30.2 Å². The van der Waals surface area contributed by atoms with E-state index in [4.69, 9.17) is 21.1 Å². The van der Waals surface area contributed by atoms with Crippen LogP contribution in [-0.2, 0) is 16.1 Å². The van der Waals surface area contributed by atoms with Crippen LogP contribution in [0.25, 0.3) is 10.9 Å². The van der Waals surface area contributed by atoms with Gasteiger partial charge >= 0.3 is 0 Å². The van der Waals surface area contributed by atoms with Crippen LogP contribution in [0.2, 0.25) is 5.02 Å².